The van der Waals surface area contributed by atoms with Crippen molar-refractivity contribution in [3.63, 3.8) is 0 Å². The van der Waals surface area contributed by atoms with Crippen molar-refractivity contribution in [3.05, 3.63) is 30.1 Å². The van der Waals surface area contributed by atoms with Gasteiger partial charge in [0.15, 0.2) is 0 Å². The maximum Gasteiger partial charge on any atom is 0.243 e. The highest BCUT2D eigenvalue weighted by atomic mass is 35.5. The van der Waals surface area contributed by atoms with Crippen LogP contribution >= 0.6 is 12.4 Å². The topological polar surface area (TPSA) is 69.7 Å². The zero-order valence-corrected chi connectivity index (χ0v) is 17.1. The van der Waals surface area contributed by atoms with Crippen LogP contribution in [-0.2, 0) is 14.8 Å². The van der Waals surface area contributed by atoms with Gasteiger partial charge in [-0.2, -0.15) is 4.31 Å². The fourth-order valence-corrected chi connectivity index (χ4v) is 5.29. The number of piperidine rings is 2. The summed E-state index contributed by atoms with van der Waals surface area (Å²) >= 11 is 0. The predicted molar refractivity (Wildman–Crippen MR) is 104 cm³/mol. The Morgan fingerprint density at radius 2 is 1.74 bits per heavy atom. The number of nitrogens with zero attached hydrogens (tertiary/aromatic N) is 2. The number of rotatable bonds is 4. The summed E-state index contributed by atoms with van der Waals surface area (Å²) in [5.41, 5.74) is 0. The van der Waals surface area contributed by atoms with Crippen molar-refractivity contribution in [1.29, 1.82) is 0 Å². The van der Waals surface area contributed by atoms with Gasteiger partial charge in [0.2, 0.25) is 15.9 Å². The van der Waals surface area contributed by atoms with Gasteiger partial charge >= 0.3 is 0 Å². The Kier molecular flexibility index (Phi) is 7.62. The van der Waals surface area contributed by atoms with Crippen molar-refractivity contribution >= 4 is 28.3 Å². The van der Waals surface area contributed by atoms with E-state index in [1.165, 1.54) is 16.4 Å². The number of carbonyl (C=O) groups is 1. The minimum absolute atomic E-state index is 0. The molecule has 2 saturated heterocycles. The molecule has 1 aromatic rings. The number of halogens is 2. The molecule has 0 saturated carbocycles. The van der Waals surface area contributed by atoms with E-state index in [4.69, 9.17) is 0 Å². The quantitative estimate of drug-likeness (QED) is 0.808. The van der Waals surface area contributed by atoms with Crippen molar-refractivity contribution in [1.82, 2.24) is 14.5 Å². The van der Waals surface area contributed by atoms with Gasteiger partial charge in [-0.3, -0.25) is 4.79 Å². The highest BCUT2D eigenvalue weighted by molar-refractivity contribution is 7.89. The van der Waals surface area contributed by atoms with E-state index >= 15 is 0 Å². The third kappa shape index (κ3) is 4.99. The zero-order chi connectivity index (χ0) is 18.7. The van der Waals surface area contributed by atoms with E-state index in [9.17, 15) is 17.6 Å². The average Bonchev–Trinajstić information content (AvgIpc) is 2.68. The van der Waals surface area contributed by atoms with Crippen molar-refractivity contribution in [2.24, 2.45) is 5.92 Å². The number of hydrogen-bond acceptors (Lipinski definition) is 4. The Bertz CT molecular complexity index is 737. The molecule has 0 radical (unpaired) electrons. The maximum atomic E-state index is 13.1. The summed E-state index contributed by atoms with van der Waals surface area (Å²) in [6, 6.07) is 5.29. The van der Waals surface area contributed by atoms with Crippen LogP contribution in [0.25, 0.3) is 0 Å². The molecule has 0 aliphatic carbocycles. The summed E-state index contributed by atoms with van der Waals surface area (Å²) < 4.78 is 40.0. The number of likely N-dealkylation sites (tertiary alicyclic amines) is 1. The molecule has 2 aliphatic rings. The summed E-state index contributed by atoms with van der Waals surface area (Å²) in [4.78, 5) is 14.8. The third-order valence-electron chi connectivity index (χ3n) is 5.40. The Morgan fingerprint density at radius 3 is 2.33 bits per heavy atom. The van der Waals surface area contributed by atoms with Crippen LogP contribution in [0.5, 0.6) is 0 Å². The lowest BCUT2D eigenvalue weighted by Crippen LogP contribution is -2.50. The van der Waals surface area contributed by atoms with Crippen molar-refractivity contribution < 1.29 is 17.6 Å². The van der Waals surface area contributed by atoms with Gasteiger partial charge in [0, 0.05) is 32.2 Å². The number of sulfonamides is 1. The first kappa shape index (κ1) is 22.1. The molecule has 152 valence electrons. The standard InChI is InChI=1S/C18H26FN3O3S.ClH/c1-20-16-8-11-21(12-9-16)18(23)14-3-2-10-22(13-14)26(24,25)17-6-4-15(19)5-7-17;/h4-7,14,16,20H,2-3,8-13H2,1H3;1H. The molecule has 1 aromatic carbocycles. The summed E-state index contributed by atoms with van der Waals surface area (Å²) in [5.74, 6) is -0.718. The average molecular weight is 420 g/mol. The van der Waals surface area contributed by atoms with Gasteiger partial charge in [-0.05, 0) is 57.0 Å². The van der Waals surface area contributed by atoms with Crippen LogP contribution in [0.2, 0.25) is 0 Å². The Hall–Kier alpha value is -1.22. The van der Waals surface area contributed by atoms with Crippen molar-refractivity contribution in [2.75, 3.05) is 33.2 Å². The molecule has 2 aliphatic heterocycles. The number of carbonyl (C=O) groups excluding carboxylic acids is 1. The third-order valence-corrected chi connectivity index (χ3v) is 7.28. The van der Waals surface area contributed by atoms with Gasteiger partial charge in [0.05, 0.1) is 10.8 Å². The highest BCUT2D eigenvalue weighted by Gasteiger charge is 2.35. The van der Waals surface area contributed by atoms with E-state index in [-0.39, 0.29) is 35.7 Å². The van der Waals surface area contributed by atoms with Crippen LogP contribution in [0.4, 0.5) is 4.39 Å². The summed E-state index contributed by atoms with van der Waals surface area (Å²) in [6.45, 7) is 2.02. The fourth-order valence-electron chi connectivity index (χ4n) is 3.76. The highest BCUT2D eigenvalue weighted by Crippen LogP contribution is 2.26. The van der Waals surface area contributed by atoms with Crippen LogP contribution in [0.1, 0.15) is 25.7 Å². The Morgan fingerprint density at radius 1 is 1.11 bits per heavy atom. The molecule has 6 nitrogen and oxygen atoms in total. The second-order valence-electron chi connectivity index (χ2n) is 7.04. The van der Waals surface area contributed by atoms with Crippen LogP contribution in [-0.4, -0.2) is 62.8 Å². The first-order valence-corrected chi connectivity index (χ1v) is 10.6. The fraction of sp³-hybridized carbons (Fsp3) is 0.611. The Balaban J connectivity index is 0.00000261. The Labute approximate surface area is 166 Å². The van der Waals surface area contributed by atoms with E-state index in [0.717, 1.165) is 25.0 Å². The second-order valence-corrected chi connectivity index (χ2v) is 8.98. The SMILES string of the molecule is CNC1CCN(C(=O)C2CCCN(S(=O)(=O)c3ccc(F)cc3)C2)CC1.Cl. The van der Waals surface area contributed by atoms with Gasteiger partial charge in [-0.25, -0.2) is 12.8 Å². The molecule has 1 atom stereocenters. The van der Waals surface area contributed by atoms with Crippen molar-refractivity contribution in [3.8, 4) is 0 Å². The zero-order valence-electron chi connectivity index (χ0n) is 15.4. The molecule has 1 N–H and O–H groups in total. The molecule has 0 aromatic heterocycles. The normalized spacial score (nSPS) is 22.3. The predicted octanol–water partition coefficient (Wildman–Crippen LogP) is 1.86. The summed E-state index contributed by atoms with van der Waals surface area (Å²) in [6.07, 6.45) is 3.21. The molecule has 0 bridgehead atoms. The van der Waals surface area contributed by atoms with E-state index in [1.807, 2.05) is 11.9 Å². The van der Waals surface area contributed by atoms with Crippen LogP contribution in [0, 0.1) is 11.7 Å². The van der Waals surface area contributed by atoms with E-state index in [0.29, 0.717) is 38.5 Å². The number of benzene rings is 1. The first-order valence-electron chi connectivity index (χ1n) is 9.13. The van der Waals surface area contributed by atoms with Crippen LogP contribution < -0.4 is 5.32 Å². The summed E-state index contributed by atoms with van der Waals surface area (Å²) in [7, 11) is -1.77. The summed E-state index contributed by atoms with van der Waals surface area (Å²) in [5, 5.41) is 3.24. The van der Waals surface area contributed by atoms with Gasteiger partial charge in [0.1, 0.15) is 5.82 Å². The molecule has 9 heteroatoms. The number of hydrogen-bond donors (Lipinski definition) is 1. The molecule has 0 spiro atoms. The van der Waals surface area contributed by atoms with E-state index < -0.39 is 15.8 Å². The molecular weight excluding hydrogens is 393 g/mol. The molecular formula is C18H27ClFN3O3S. The van der Waals surface area contributed by atoms with Crippen molar-refractivity contribution in [2.45, 2.75) is 36.6 Å². The largest absolute Gasteiger partial charge is 0.342 e. The maximum absolute atomic E-state index is 13.1. The minimum atomic E-state index is -3.70. The van der Waals surface area contributed by atoms with Crippen LogP contribution in [0.15, 0.2) is 29.2 Å². The second kappa shape index (κ2) is 9.32. The monoisotopic (exact) mass is 419 g/mol. The van der Waals surface area contributed by atoms with Gasteiger partial charge in [-0.1, -0.05) is 0 Å². The lowest BCUT2D eigenvalue weighted by molar-refractivity contribution is -0.137. The molecule has 2 heterocycles. The smallest absolute Gasteiger partial charge is 0.243 e. The molecule has 1 unspecified atom stereocenters. The lowest BCUT2D eigenvalue weighted by Gasteiger charge is -2.37. The molecule has 1 amide bonds. The molecule has 27 heavy (non-hydrogen) atoms. The van der Waals surface area contributed by atoms with Crippen LogP contribution in [0.3, 0.4) is 0 Å². The lowest BCUT2D eigenvalue weighted by atomic mass is 9.96. The number of amides is 1. The minimum Gasteiger partial charge on any atom is -0.342 e. The van der Waals surface area contributed by atoms with E-state index in [2.05, 4.69) is 5.32 Å². The van der Waals surface area contributed by atoms with E-state index in [1.54, 1.807) is 0 Å². The first-order chi connectivity index (χ1) is 12.4. The molecule has 2 fully saturated rings. The van der Waals surface area contributed by atoms with Gasteiger partial charge in [-0.15, -0.1) is 12.4 Å². The van der Waals surface area contributed by atoms with Gasteiger partial charge < -0.3 is 10.2 Å². The molecule has 3 rings (SSSR count). The number of nitrogens with one attached hydrogen (secondary N) is 1. The van der Waals surface area contributed by atoms with Gasteiger partial charge in [0.25, 0.3) is 0 Å².